The van der Waals surface area contributed by atoms with Gasteiger partial charge in [0.25, 0.3) is 0 Å². The molecule has 0 bridgehead atoms. The Hall–Kier alpha value is -0.330. The molecular formula is C15H27N. The fraction of sp³-hybridized carbons (Fsp3) is 0.933. The smallest absolute Gasteiger partial charge is 0.0471 e. The lowest BCUT2D eigenvalue weighted by molar-refractivity contribution is 0.181. The van der Waals surface area contributed by atoms with Crippen molar-refractivity contribution in [2.45, 2.75) is 78.2 Å². The van der Waals surface area contributed by atoms with Crippen LogP contribution in [0.25, 0.3) is 0 Å². The van der Waals surface area contributed by atoms with Crippen molar-refractivity contribution in [2.24, 2.45) is 16.3 Å². The standard InChI is InChI=1S/C15H27N/c1-4-14-15(3,11-10-12(2)16-14)13-8-6-5-7-9-13/h12-13H,4-11H2,1-3H3. The molecule has 0 aromatic rings. The fourth-order valence-electron chi connectivity index (χ4n) is 3.81. The number of hydrogen-bond acceptors (Lipinski definition) is 1. The molecule has 92 valence electrons. The van der Waals surface area contributed by atoms with E-state index in [1.54, 1.807) is 0 Å². The van der Waals surface area contributed by atoms with Crippen LogP contribution in [0.15, 0.2) is 4.99 Å². The van der Waals surface area contributed by atoms with Crippen LogP contribution < -0.4 is 0 Å². The summed E-state index contributed by atoms with van der Waals surface area (Å²) >= 11 is 0. The predicted octanol–water partition coefficient (Wildman–Crippen LogP) is 4.61. The minimum Gasteiger partial charge on any atom is -0.291 e. The van der Waals surface area contributed by atoms with Crippen molar-refractivity contribution in [2.75, 3.05) is 0 Å². The second-order valence-corrected chi connectivity index (χ2v) is 6.07. The molecule has 2 unspecified atom stereocenters. The minimum absolute atomic E-state index is 0.446. The average molecular weight is 221 g/mol. The van der Waals surface area contributed by atoms with E-state index < -0.39 is 0 Å². The third-order valence-electron chi connectivity index (χ3n) is 4.96. The van der Waals surface area contributed by atoms with Crippen LogP contribution in [0.1, 0.15) is 72.1 Å². The monoisotopic (exact) mass is 221 g/mol. The molecule has 1 heterocycles. The summed E-state index contributed by atoms with van der Waals surface area (Å²) in [6, 6.07) is 0.576. The van der Waals surface area contributed by atoms with Gasteiger partial charge in [-0.15, -0.1) is 0 Å². The van der Waals surface area contributed by atoms with E-state index in [9.17, 15) is 0 Å². The van der Waals surface area contributed by atoms with Crippen LogP contribution in [0, 0.1) is 11.3 Å². The molecule has 2 atom stereocenters. The van der Waals surface area contributed by atoms with E-state index in [1.165, 1.54) is 50.7 Å². The first-order valence-corrected chi connectivity index (χ1v) is 7.24. The molecule has 0 radical (unpaired) electrons. The van der Waals surface area contributed by atoms with Crippen LogP contribution in [-0.4, -0.2) is 11.8 Å². The number of hydrogen-bond donors (Lipinski definition) is 0. The summed E-state index contributed by atoms with van der Waals surface area (Å²) in [6.45, 7) is 7.06. The Morgan fingerprint density at radius 2 is 1.88 bits per heavy atom. The van der Waals surface area contributed by atoms with Gasteiger partial charge >= 0.3 is 0 Å². The largest absolute Gasteiger partial charge is 0.291 e. The summed E-state index contributed by atoms with van der Waals surface area (Å²) in [5.41, 5.74) is 1.97. The Labute approximate surface area is 101 Å². The molecule has 1 heteroatoms. The Morgan fingerprint density at radius 1 is 1.19 bits per heavy atom. The molecule has 2 aliphatic rings. The highest BCUT2D eigenvalue weighted by molar-refractivity contribution is 5.90. The zero-order chi connectivity index (χ0) is 11.6. The normalized spacial score (nSPS) is 37.2. The minimum atomic E-state index is 0.446. The maximum absolute atomic E-state index is 4.95. The average Bonchev–Trinajstić information content (AvgIpc) is 2.33. The van der Waals surface area contributed by atoms with E-state index in [1.807, 2.05) is 0 Å². The molecule has 1 fully saturated rings. The Balaban J connectivity index is 2.18. The maximum Gasteiger partial charge on any atom is 0.0471 e. The van der Waals surface area contributed by atoms with Gasteiger partial charge in [0.05, 0.1) is 0 Å². The molecular weight excluding hydrogens is 194 g/mol. The van der Waals surface area contributed by atoms with Crippen molar-refractivity contribution in [3.05, 3.63) is 0 Å². The molecule has 1 nitrogen and oxygen atoms in total. The van der Waals surface area contributed by atoms with Crippen molar-refractivity contribution < 1.29 is 0 Å². The zero-order valence-corrected chi connectivity index (χ0v) is 11.3. The molecule has 1 saturated carbocycles. The Bertz CT molecular complexity index is 263. The molecule has 0 amide bonds. The lowest BCUT2D eigenvalue weighted by Gasteiger charge is -2.44. The summed E-state index contributed by atoms with van der Waals surface area (Å²) in [7, 11) is 0. The van der Waals surface area contributed by atoms with Crippen LogP contribution in [0.2, 0.25) is 0 Å². The van der Waals surface area contributed by atoms with E-state index in [-0.39, 0.29) is 0 Å². The van der Waals surface area contributed by atoms with Gasteiger partial charge in [0.15, 0.2) is 0 Å². The number of rotatable bonds is 2. The second kappa shape index (κ2) is 4.89. The molecule has 1 aliphatic carbocycles. The molecule has 2 rings (SSSR count). The first-order chi connectivity index (χ1) is 7.66. The van der Waals surface area contributed by atoms with Crippen molar-refractivity contribution in [3.63, 3.8) is 0 Å². The van der Waals surface area contributed by atoms with Crippen LogP contribution in [0.4, 0.5) is 0 Å². The Morgan fingerprint density at radius 3 is 2.50 bits per heavy atom. The molecule has 0 N–H and O–H groups in total. The molecule has 1 aliphatic heterocycles. The van der Waals surface area contributed by atoms with Crippen molar-refractivity contribution in [1.29, 1.82) is 0 Å². The van der Waals surface area contributed by atoms with Crippen molar-refractivity contribution in [1.82, 2.24) is 0 Å². The van der Waals surface area contributed by atoms with Crippen LogP contribution in [0.5, 0.6) is 0 Å². The van der Waals surface area contributed by atoms with Gasteiger partial charge in [-0.3, -0.25) is 4.99 Å². The summed E-state index contributed by atoms with van der Waals surface area (Å²) in [5, 5.41) is 0. The molecule has 0 spiro atoms. The molecule has 0 aromatic heterocycles. The molecule has 0 saturated heterocycles. The number of aliphatic imine (C=N–C) groups is 1. The Kier molecular flexibility index (Phi) is 3.71. The fourth-order valence-corrected chi connectivity index (χ4v) is 3.81. The van der Waals surface area contributed by atoms with E-state index >= 15 is 0 Å². The van der Waals surface area contributed by atoms with Crippen LogP contribution >= 0.6 is 0 Å². The lowest BCUT2D eigenvalue weighted by Crippen LogP contribution is -2.40. The highest BCUT2D eigenvalue weighted by Gasteiger charge is 2.40. The van der Waals surface area contributed by atoms with E-state index in [4.69, 9.17) is 4.99 Å². The summed E-state index contributed by atoms with van der Waals surface area (Å²) in [4.78, 5) is 4.95. The topological polar surface area (TPSA) is 12.4 Å². The quantitative estimate of drug-likeness (QED) is 0.646. The third kappa shape index (κ3) is 2.19. The third-order valence-corrected chi connectivity index (χ3v) is 4.96. The SMILES string of the molecule is CCC1=NC(C)CCC1(C)C1CCCCC1. The van der Waals surface area contributed by atoms with Gasteiger partial charge in [0, 0.05) is 17.2 Å². The van der Waals surface area contributed by atoms with E-state index in [0.29, 0.717) is 11.5 Å². The zero-order valence-electron chi connectivity index (χ0n) is 11.3. The maximum atomic E-state index is 4.95. The summed E-state index contributed by atoms with van der Waals surface area (Å²) in [6.07, 6.45) is 11.1. The highest BCUT2D eigenvalue weighted by Crippen LogP contribution is 2.45. The second-order valence-electron chi connectivity index (χ2n) is 6.07. The van der Waals surface area contributed by atoms with E-state index in [2.05, 4.69) is 20.8 Å². The van der Waals surface area contributed by atoms with Gasteiger partial charge in [-0.1, -0.05) is 33.1 Å². The number of nitrogens with zero attached hydrogens (tertiary/aromatic N) is 1. The van der Waals surface area contributed by atoms with E-state index in [0.717, 1.165) is 12.3 Å². The summed E-state index contributed by atoms with van der Waals surface area (Å²) in [5.74, 6) is 0.924. The van der Waals surface area contributed by atoms with Gasteiger partial charge in [0.1, 0.15) is 0 Å². The van der Waals surface area contributed by atoms with Crippen molar-refractivity contribution >= 4 is 5.71 Å². The van der Waals surface area contributed by atoms with Gasteiger partial charge < -0.3 is 0 Å². The van der Waals surface area contributed by atoms with Gasteiger partial charge in [-0.05, 0) is 44.9 Å². The molecule has 16 heavy (non-hydrogen) atoms. The van der Waals surface area contributed by atoms with Crippen LogP contribution in [-0.2, 0) is 0 Å². The van der Waals surface area contributed by atoms with Gasteiger partial charge in [-0.25, -0.2) is 0 Å². The van der Waals surface area contributed by atoms with Crippen LogP contribution in [0.3, 0.4) is 0 Å². The van der Waals surface area contributed by atoms with Crippen molar-refractivity contribution in [3.8, 4) is 0 Å². The highest BCUT2D eigenvalue weighted by atomic mass is 14.8. The van der Waals surface area contributed by atoms with Gasteiger partial charge in [0.2, 0.25) is 0 Å². The molecule has 0 aromatic carbocycles. The summed E-state index contributed by atoms with van der Waals surface area (Å²) < 4.78 is 0. The predicted molar refractivity (Wildman–Crippen MR) is 71.1 cm³/mol. The first kappa shape index (κ1) is 12.1. The van der Waals surface area contributed by atoms with Gasteiger partial charge in [-0.2, -0.15) is 0 Å². The lowest BCUT2D eigenvalue weighted by atomic mass is 9.63. The first-order valence-electron chi connectivity index (χ1n) is 7.24.